The largest absolute Gasteiger partial charge is 0.292 e. The Hall–Kier alpha value is -2.73. The lowest BCUT2D eigenvalue weighted by molar-refractivity contribution is 0.636. The number of allylic oxidation sites excluding steroid dienone is 2. The molecule has 0 radical (unpaired) electrons. The average molecular weight is 393 g/mol. The van der Waals surface area contributed by atoms with Crippen molar-refractivity contribution in [2.45, 2.75) is 27.7 Å². The van der Waals surface area contributed by atoms with Crippen LogP contribution in [0.15, 0.2) is 54.5 Å². The lowest BCUT2D eigenvalue weighted by Crippen LogP contribution is -2.07. The Morgan fingerprint density at radius 2 is 1.85 bits per heavy atom. The summed E-state index contributed by atoms with van der Waals surface area (Å²) in [5, 5.41) is 11.8. The van der Waals surface area contributed by atoms with Gasteiger partial charge in [0.05, 0.1) is 35.2 Å². The molecule has 0 aliphatic heterocycles. The third-order valence-electron chi connectivity index (χ3n) is 2.98. The summed E-state index contributed by atoms with van der Waals surface area (Å²) in [7, 11) is 0.500. The Labute approximate surface area is 164 Å². The van der Waals surface area contributed by atoms with Gasteiger partial charge in [-0.1, -0.05) is 50.2 Å². The molecule has 3 rings (SSSR count). The summed E-state index contributed by atoms with van der Waals surface area (Å²) in [6.07, 6.45) is 3.32. The number of rotatable bonds is 2. The van der Waals surface area contributed by atoms with Gasteiger partial charge in [0.1, 0.15) is 0 Å². The summed E-state index contributed by atoms with van der Waals surface area (Å²) >= 11 is 6.21. The molecule has 5 nitrogen and oxygen atoms in total. The predicted octanol–water partition coefficient (Wildman–Crippen LogP) is 5.60. The lowest BCUT2D eigenvalue weighted by Gasteiger charge is -2.08. The normalized spacial score (nSPS) is 9.00. The number of H-pyrrole nitrogens is 1. The van der Waals surface area contributed by atoms with Crippen molar-refractivity contribution < 1.29 is 4.39 Å². The number of halogens is 2. The number of aromatic amines is 1. The summed E-state index contributed by atoms with van der Waals surface area (Å²) in [4.78, 5) is 11.8. The molecule has 1 N–H and O–H groups in total. The molecule has 0 atom stereocenters. The van der Waals surface area contributed by atoms with Crippen LogP contribution in [0.4, 0.5) is 4.39 Å². The van der Waals surface area contributed by atoms with Crippen molar-refractivity contribution >= 4 is 28.1 Å². The van der Waals surface area contributed by atoms with E-state index in [9.17, 15) is 9.18 Å². The molecular weight excluding hydrogens is 367 g/mol. The molecule has 0 fully saturated rings. The van der Waals surface area contributed by atoms with E-state index >= 15 is 0 Å². The van der Waals surface area contributed by atoms with Crippen molar-refractivity contribution in [3.8, 4) is 5.69 Å². The predicted molar refractivity (Wildman–Crippen MR) is 113 cm³/mol. The Bertz CT molecular complexity index is 931. The zero-order valence-corrected chi connectivity index (χ0v) is 17.1. The fourth-order valence-electron chi connectivity index (χ4n) is 2.14. The Kier molecular flexibility index (Phi) is 11.3. The van der Waals surface area contributed by atoms with Crippen LogP contribution in [-0.2, 0) is 0 Å². The van der Waals surface area contributed by atoms with E-state index in [1.165, 1.54) is 0 Å². The molecule has 7 heteroatoms. The van der Waals surface area contributed by atoms with Crippen molar-refractivity contribution in [3.05, 3.63) is 70.8 Å². The van der Waals surface area contributed by atoms with Crippen LogP contribution >= 0.6 is 11.6 Å². The third kappa shape index (κ3) is 5.89. The summed E-state index contributed by atoms with van der Waals surface area (Å²) in [5.41, 5.74) is 2.18. The van der Waals surface area contributed by atoms with Crippen molar-refractivity contribution in [2.75, 3.05) is 7.18 Å². The monoisotopic (exact) mass is 392 g/mol. The van der Waals surface area contributed by atoms with E-state index in [1.807, 2.05) is 45.9 Å². The van der Waals surface area contributed by atoms with E-state index in [1.54, 1.807) is 23.0 Å². The van der Waals surface area contributed by atoms with E-state index in [0.29, 0.717) is 28.8 Å². The molecule has 1 aromatic carbocycles. The summed E-state index contributed by atoms with van der Waals surface area (Å²) < 4.78 is 11.1. The maximum atomic E-state index is 11.8. The van der Waals surface area contributed by atoms with Gasteiger partial charge in [-0.3, -0.25) is 9.18 Å². The fourth-order valence-corrected chi connectivity index (χ4v) is 2.35. The summed E-state index contributed by atoms with van der Waals surface area (Å²) in [6.45, 7) is 15.1. The van der Waals surface area contributed by atoms with Crippen molar-refractivity contribution in [3.63, 3.8) is 0 Å². The van der Waals surface area contributed by atoms with Gasteiger partial charge in [0.15, 0.2) is 5.52 Å². The molecular formula is C20H26ClFN4O. The minimum Gasteiger partial charge on any atom is -0.265 e. The second kappa shape index (κ2) is 12.6. The van der Waals surface area contributed by atoms with Crippen LogP contribution in [0.3, 0.4) is 0 Å². The first-order chi connectivity index (χ1) is 13.0. The zero-order chi connectivity index (χ0) is 21.0. The first-order valence-electron chi connectivity index (χ1n) is 8.33. The molecule has 0 unspecified atom stereocenters. The van der Waals surface area contributed by atoms with E-state index in [-0.39, 0.29) is 5.56 Å². The van der Waals surface area contributed by atoms with Gasteiger partial charge in [0.25, 0.3) is 5.56 Å². The Balaban J connectivity index is 0.000000860. The van der Waals surface area contributed by atoms with Gasteiger partial charge >= 0.3 is 0 Å². The number of nitrogens with zero attached hydrogens (tertiary/aromatic N) is 3. The molecule has 0 aliphatic rings. The van der Waals surface area contributed by atoms with Gasteiger partial charge in [0, 0.05) is 0 Å². The van der Waals surface area contributed by atoms with Gasteiger partial charge < -0.3 is 0 Å². The number of aromatic nitrogens is 4. The number of hydrogen-bond acceptors (Lipinski definition) is 3. The van der Waals surface area contributed by atoms with Crippen LogP contribution in [0.5, 0.6) is 0 Å². The number of fused-ring (bicyclic) bond motifs is 1. The number of benzene rings is 1. The van der Waals surface area contributed by atoms with Gasteiger partial charge in [-0.25, -0.2) is 9.78 Å². The molecule has 0 bridgehead atoms. The highest BCUT2D eigenvalue weighted by Gasteiger charge is 2.17. The van der Waals surface area contributed by atoms with Gasteiger partial charge in [-0.2, -0.15) is 10.2 Å². The number of alkyl halides is 1. The molecule has 27 heavy (non-hydrogen) atoms. The molecule has 2 heterocycles. The van der Waals surface area contributed by atoms with E-state index in [4.69, 9.17) is 11.6 Å². The van der Waals surface area contributed by atoms with Crippen LogP contribution in [-0.4, -0.2) is 27.2 Å². The summed E-state index contributed by atoms with van der Waals surface area (Å²) in [6, 6.07) is 7.30. The van der Waals surface area contributed by atoms with E-state index < -0.39 is 0 Å². The second-order valence-electron chi connectivity index (χ2n) is 4.86. The summed E-state index contributed by atoms with van der Waals surface area (Å²) in [5.74, 6) is 0. The Morgan fingerprint density at radius 3 is 2.37 bits per heavy atom. The van der Waals surface area contributed by atoms with E-state index in [0.717, 1.165) is 11.3 Å². The van der Waals surface area contributed by atoms with Gasteiger partial charge in [-0.15, -0.1) is 6.58 Å². The smallest absolute Gasteiger partial charge is 0.265 e. The maximum Gasteiger partial charge on any atom is 0.292 e. The molecule has 0 spiro atoms. The van der Waals surface area contributed by atoms with E-state index in [2.05, 4.69) is 28.5 Å². The van der Waals surface area contributed by atoms with Crippen LogP contribution in [0.2, 0.25) is 5.02 Å². The fraction of sp³-hybridized carbons (Fsp3) is 0.250. The first-order valence-corrected chi connectivity index (χ1v) is 8.71. The highest BCUT2D eigenvalue weighted by molar-refractivity contribution is 6.32. The van der Waals surface area contributed by atoms with Gasteiger partial charge in [0.2, 0.25) is 0 Å². The molecule has 146 valence electrons. The van der Waals surface area contributed by atoms with Crippen molar-refractivity contribution in [1.29, 1.82) is 0 Å². The third-order valence-corrected chi connectivity index (χ3v) is 3.30. The maximum absolute atomic E-state index is 11.8. The lowest BCUT2D eigenvalue weighted by atomic mass is 10.1. The number of para-hydroxylation sites is 1. The standard InChI is InChI=1S/C14H11ClN4O.C3H6.C2H6.CH3F/c1-8(2)13-9-7-16-17-14(20)12(9)18-19(13)11-6-4-3-5-10(11)15;1-3-2;2*1-2/h3-7H,1H2,2H3,(H,17,20);3H,1H2,2H3;1-2H3;1H3. The minimum atomic E-state index is -0.337. The first kappa shape index (κ1) is 24.3. The highest BCUT2D eigenvalue weighted by atomic mass is 35.5. The topological polar surface area (TPSA) is 63.6 Å². The van der Waals surface area contributed by atoms with Crippen LogP contribution in [0.25, 0.3) is 22.2 Å². The SMILES string of the molecule is C=C(C)c1c2cn[nH]c(=O)c2nn1-c1ccccc1Cl.C=CC.CC.CF. The highest BCUT2D eigenvalue weighted by Crippen LogP contribution is 2.27. The number of nitrogens with one attached hydrogen (secondary N) is 1. The quantitative estimate of drug-likeness (QED) is 0.577. The minimum absolute atomic E-state index is 0.318. The van der Waals surface area contributed by atoms with Crippen molar-refractivity contribution in [1.82, 2.24) is 20.0 Å². The van der Waals surface area contributed by atoms with Crippen LogP contribution in [0, 0.1) is 0 Å². The van der Waals surface area contributed by atoms with Gasteiger partial charge in [-0.05, 0) is 31.6 Å². The van der Waals surface area contributed by atoms with Crippen LogP contribution < -0.4 is 5.56 Å². The zero-order valence-electron chi connectivity index (χ0n) is 16.4. The van der Waals surface area contributed by atoms with Crippen molar-refractivity contribution in [2.24, 2.45) is 0 Å². The molecule has 2 aromatic heterocycles. The second-order valence-corrected chi connectivity index (χ2v) is 5.27. The number of hydrogen-bond donors (Lipinski definition) is 1. The molecule has 0 amide bonds. The molecule has 3 aromatic rings. The molecule has 0 saturated carbocycles. The molecule has 0 saturated heterocycles. The molecule has 0 aliphatic carbocycles. The Morgan fingerprint density at radius 1 is 1.30 bits per heavy atom. The average Bonchev–Trinajstić information content (AvgIpc) is 3.07. The van der Waals surface area contributed by atoms with Crippen LogP contribution in [0.1, 0.15) is 33.4 Å².